The zero-order valence-corrected chi connectivity index (χ0v) is 17.5. The second-order valence-corrected chi connectivity index (χ2v) is 8.53. The first-order valence-corrected chi connectivity index (χ1v) is 10.1. The molecule has 0 bridgehead atoms. The van der Waals surface area contributed by atoms with E-state index >= 15 is 0 Å². The minimum absolute atomic E-state index is 0.143. The molecule has 0 aliphatic heterocycles. The number of fused-ring (bicyclic) bond motifs is 6. The maximum Gasteiger partial charge on any atom is 0.142 e. The third-order valence-electron chi connectivity index (χ3n) is 5.60. The Bertz CT molecular complexity index is 1560. The van der Waals surface area contributed by atoms with E-state index < -0.39 is 11.4 Å². The summed E-state index contributed by atoms with van der Waals surface area (Å²) in [6, 6.07) is 17.7. The standard InChI is InChI=1S/C25H17ClFN3O/c1-25(2,31)14-6-8-16-18(10-14)19-11-15(26)7-9-17(19)23-22(16)29-24(30-23)21-13(12-28)4-3-5-20(21)27/h3-11,31H,1-2H3,(H,29,30). The van der Waals surface area contributed by atoms with Gasteiger partial charge in [0.25, 0.3) is 0 Å². The van der Waals surface area contributed by atoms with Gasteiger partial charge in [-0.15, -0.1) is 0 Å². The van der Waals surface area contributed by atoms with Crippen LogP contribution in [0.4, 0.5) is 4.39 Å². The maximum atomic E-state index is 14.7. The van der Waals surface area contributed by atoms with Gasteiger partial charge >= 0.3 is 0 Å². The van der Waals surface area contributed by atoms with Crippen LogP contribution in [0.25, 0.3) is 44.0 Å². The first-order chi connectivity index (χ1) is 14.8. The third kappa shape index (κ3) is 3.04. The summed E-state index contributed by atoms with van der Waals surface area (Å²) in [7, 11) is 0. The molecule has 5 aromatic rings. The molecule has 152 valence electrons. The Hall–Kier alpha value is -3.46. The number of halogens is 2. The Morgan fingerprint density at radius 1 is 1.03 bits per heavy atom. The molecule has 0 amide bonds. The molecule has 0 aliphatic carbocycles. The van der Waals surface area contributed by atoms with Gasteiger partial charge in [-0.1, -0.05) is 35.9 Å². The molecule has 0 spiro atoms. The van der Waals surface area contributed by atoms with E-state index in [9.17, 15) is 14.8 Å². The average molecular weight is 430 g/mol. The molecule has 0 fully saturated rings. The molecule has 1 aromatic heterocycles. The van der Waals surface area contributed by atoms with Gasteiger partial charge in [0, 0.05) is 15.8 Å². The topological polar surface area (TPSA) is 72.7 Å². The van der Waals surface area contributed by atoms with Crippen molar-refractivity contribution in [2.45, 2.75) is 19.4 Å². The number of aromatic amines is 1. The second-order valence-electron chi connectivity index (χ2n) is 8.09. The lowest BCUT2D eigenvalue weighted by Crippen LogP contribution is -2.15. The van der Waals surface area contributed by atoms with Crippen molar-refractivity contribution in [3.8, 4) is 17.5 Å². The summed E-state index contributed by atoms with van der Waals surface area (Å²) in [5.74, 6) is -0.223. The van der Waals surface area contributed by atoms with Crippen molar-refractivity contribution in [3.05, 3.63) is 76.6 Å². The van der Waals surface area contributed by atoms with Gasteiger partial charge < -0.3 is 10.1 Å². The van der Waals surface area contributed by atoms with Crippen molar-refractivity contribution >= 4 is 44.2 Å². The smallest absolute Gasteiger partial charge is 0.142 e. The zero-order valence-electron chi connectivity index (χ0n) is 16.8. The van der Waals surface area contributed by atoms with Crippen molar-refractivity contribution in [2.75, 3.05) is 0 Å². The van der Waals surface area contributed by atoms with Crippen molar-refractivity contribution in [1.82, 2.24) is 9.97 Å². The van der Waals surface area contributed by atoms with Crippen LogP contribution in [0.1, 0.15) is 25.0 Å². The van der Waals surface area contributed by atoms with Crippen molar-refractivity contribution in [3.63, 3.8) is 0 Å². The van der Waals surface area contributed by atoms with E-state index in [-0.39, 0.29) is 11.1 Å². The van der Waals surface area contributed by atoms with Gasteiger partial charge in [0.1, 0.15) is 11.6 Å². The van der Waals surface area contributed by atoms with Gasteiger partial charge in [0.2, 0.25) is 0 Å². The molecular weight excluding hydrogens is 413 g/mol. The summed E-state index contributed by atoms with van der Waals surface area (Å²) < 4.78 is 14.7. The highest BCUT2D eigenvalue weighted by Gasteiger charge is 2.21. The number of aliphatic hydroxyl groups is 1. The van der Waals surface area contributed by atoms with Gasteiger partial charge in [-0.25, -0.2) is 9.37 Å². The van der Waals surface area contributed by atoms with Crippen LogP contribution in [0.2, 0.25) is 5.02 Å². The number of benzene rings is 4. The summed E-state index contributed by atoms with van der Waals surface area (Å²) in [6.45, 7) is 3.46. The van der Waals surface area contributed by atoms with E-state index in [2.05, 4.69) is 4.98 Å². The molecule has 0 saturated heterocycles. The van der Waals surface area contributed by atoms with Gasteiger partial charge in [0.05, 0.1) is 33.8 Å². The third-order valence-corrected chi connectivity index (χ3v) is 5.83. The normalized spacial score (nSPS) is 12.0. The molecule has 5 rings (SSSR count). The summed E-state index contributed by atoms with van der Waals surface area (Å²) in [5, 5.41) is 24.0. The quantitative estimate of drug-likeness (QED) is 0.318. The lowest BCUT2D eigenvalue weighted by atomic mass is 9.92. The fraction of sp³-hybridized carbons (Fsp3) is 0.120. The predicted molar refractivity (Wildman–Crippen MR) is 121 cm³/mol. The number of H-pyrrole nitrogens is 1. The molecule has 2 N–H and O–H groups in total. The Labute approximate surface area is 182 Å². The highest BCUT2D eigenvalue weighted by Crippen LogP contribution is 2.38. The molecule has 0 saturated carbocycles. The van der Waals surface area contributed by atoms with Gasteiger partial charge in [0.15, 0.2) is 0 Å². The van der Waals surface area contributed by atoms with Gasteiger partial charge in [-0.05, 0) is 60.5 Å². The van der Waals surface area contributed by atoms with Gasteiger partial charge in [-0.2, -0.15) is 5.26 Å². The Morgan fingerprint density at radius 2 is 1.77 bits per heavy atom. The van der Waals surface area contributed by atoms with Crippen LogP contribution >= 0.6 is 11.6 Å². The van der Waals surface area contributed by atoms with Crippen LogP contribution in [0.15, 0.2) is 54.6 Å². The van der Waals surface area contributed by atoms with Crippen LogP contribution in [-0.2, 0) is 5.60 Å². The molecule has 1 heterocycles. The second kappa shape index (κ2) is 6.78. The monoisotopic (exact) mass is 429 g/mol. The minimum atomic E-state index is -1.01. The minimum Gasteiger partial charge on any atom is -0.386 e. The van der Waals surface area contributed by atoms with Crippen LogP contribution < -0.4 is 0 Å². The van der Waals surface area contributed by atoms with E-state index in [1.165, 1.54) is 12.1 Å². The highest BCUT2D eigenvalue weighted by atomic mass is 35.5. The summed E-state index contributed by atoms with van der Waals surface area (Å²) in [5.41, 5.74) is 1.49. The number of nitriles is 1. The number of hydrogen-bond acceptors (Lipinski definition) is 3. The Kier molecular flexibility index (Phi) is 4.26. The zero-order chi connectivity index (χ0) is 21.9. The molecular formula is C25H17ClFN3O. The molecule has 31 heavy (non-hydrogen) atoms. The molecule has 6 heteroatoms. The Balaban J connectivity index is 1.94. The van der Waals surface area contributed by atoms with E-state index in [4.69, 9.17) is 16.6 Å². The number of rotatable bonds is 2. The molecule has 0 radical (unpaired) electrons. The number of aromatic nitrogens is 2. The summed E-state index contributed by atoms with van der Waals surface area (Å²) in [6.07, 6.45) is 0. The van der Waals surface area contributed by atoms with Gasteiger partial charge in [-0.3, -0.25) is 0 Å². The number of hydrogen-bond donors (Lipinski definition) is 2. The largest absolute Gasteiger partial charge is 0.386 e. The average Bonchev–Trinajstić information content (AvgIpc) is 3.17. The maximum absolute atomic E-state index is 14.7. The lowest BCUT2D eigenvalue weighted by molar-refractivity contribution is 0.0787. The fourth-order valence-corrected chi connectivity index (χ4v) is 4.22. The van der Waals surface area contributed by atoms with Crippen LogP contribution in [0.5, 0.6) is 0 Å². The number of imidazole rings is 1. The SMILES string of the molecule is CC(C)(O)c1ccc2c(c1)c1cc(Cl)ccc1c1[nH]c(-c3c(F)cccc3C#N)nc21. The number of nitrogens with one attached hydrogen (secondary N) is 1. The van der Waals surface area contributed by atoms with Crippen LogP contribution in [-0.4, -0.2) is 15.1 Å². The first kappa shape index (κ1) is 19.5. The lowest BCUT2D eigenvalue weighted by Gasteiger charge is -2.19. The number of nitrogens with zero attached hydrogens (tertiary/aromatic N) is 2. The predicted octanol–water partition coefficient (Wildman–Crippen LogP) is 6.43. The first-order valence-electron chi connectivity index (χ1n) is 9.74. The summed E-state index contributed by atoms with van der Waals surface area (Å²) >= 11 is 6.30. The van der Waals surface area contributed by atoms with E-state index in [0.717, 1.165) is 32.6 Å². The van der Waals surface area contributed by atoms with Crippen LogP contribution in [0.3, 0.4) is 0 Å². The fourth-order valence-electron chi connectivity index (χ4n) is 4.05. The molecule has 4 aromatic carbocycles. The van der Waals surface area contributed by atoms with Crippen LogP contribution in [0, 0.1) is 17.1 Å². The van der Waals surface area contributed by atoms with Crippen molar-refractivity contribution in [2.24, 2.45) is 0 Å². The van der Waals surface area contributed by atoms with Crippen molar-refractivity contribution < 1.29 is 9.50 Å². The Morgan fingerprint density at radius 3 is 2.52 bits per heavy atom. The molecule has 0 aliphatic rings. The van der Waals surface area contributed by atoms with E-state index in [1.54, 1.807) is 26.0 Å². The molecule has 0 unspecified atom stereocenters. The van der Waals surface area contributed by atoms with E-state index in [0.29, 0.717) is 16.4 Å². The van der Waals surface area contributed by atoms with E-state index in [1.807, 2.05) is 36.4 Å². The molecule has 0 atom stereocenters. The summed E-state index contributed by atoms with van der Waals surface area (Å²) in [4.78, 5) is 7.94. The highest BCUT2D eigenvalue weighted by molar-refractivity contribution is 6.33. The van der Waals surface area contributed by atoms with Crippen molar-refractivity contribution in [1.29, 1.82) is 5.26 Å². The molecule has 4 nitrogen and oxygen atoms in total.